The Hall–Kier alpha value is -0.960. The molecule has 0 aromatic heterocycles. The fourth-order valence-corrected chi connectivity index (χ4v) is 2.51. The zero-order valence-corrected chi connectivity index (χ0v) is 14.1. The fraction of sp³-hybridized carbons (Fsp3) is 0.500. The Labute approximate surface area is 140 Å². The maximum absolute atomic E-state index is 13.4. The Balaban J connectivity index is 0.00000220. The fourth-order valence-electron chi connectivity index (χ4n) is 2.51. The van der Waals surface area contributed by atoms with Crippen molar-refractivity contribution < 1.29 is 13.5 Å². The molecule has 21 heavy (non-hydrogen) atoms. The smallest absolute Gasteiger partial charge is 0.193 e. The lowest BCUT2D eigenvalue weighted by molar-refractivity contribution is 0.0743. The molecular weight excluding hydrogens is 391 g/mol. The molecule has 1 saturated carbocycles. The lowest BCUT2D eigenvalue weighted by atomic mass is 10.1. The standard InChI is InChI=1S/C14H19F2N3O.HI/c1-20-13-4-2-3-9(13)8-18-14(17)19-12-7-10(15)5-6-11(12)16;/h5-7,9,13H,2-4,8H2,1H3,(H3,17,18,19);1H. The van der Waals surface area contributed by atoms with Gasteiger partial charge >= 0.3 is 0 Å². The highest BCUT2D eigenvalue weighted by Crippen LogP contribution is 2.27. The molecule has 0 spiro atoms. The van der Waals surface area contributed by atoms with Gasteiger partial charge < -0.3 is 15.8 Å². The van der Waals surface area contributed by atoms with Gasteiger partial charge in [0.15, 0.2) is 5.96 Å². The Morgan fingerprint density at radius 3 is 2.90 bits per heavy atom. The zero-order chi connectivity index (χ0) is 14.5. The van der Waals surface area contributed by atoms with Crippen LogP contribution in [0.4, 0.5) is 14.5 Å². The molecule has 0 amide bonds. The molecule has 4 nitrogen and oxygen atoms in total. The molecule has 0 heterocycles. The molecule has 118 valence electrons. The lowest BCUT2D eigenvalue weighted by Crippen LogP contribution is -2.26. The van der Waals surface area contributed by atoms with Crippen LogP contribution in [0.5, 0.6) is 0 Å². The van der Waals surface area contributed by atoms with Crippen molar-refractivity contribution in [2.24, 2.45) is 16.6 Å². The maximum Gasteiger partial charge on any atom is 0.193 e. The Kier molecular flexibility index (Phi) is 7.30. The van der Waals surface area contributed by atoms with Crippen LogP contribution in [-0.2, 0) is 4.74 Å². The number of guanidine groups is 1. The van der Waals surface area contributed by atoms with Crippen LogP contribution in [0.1, 0.15) is 19.3 Å². The van der Waals surface area contributed by atoms with Gasteiger partial charge in [0, 0.05) is 25.6 Å². The van der Waals surface area contributed by atoms with Crippen molar-refractivity contribution in [1.29, 1.82) is 0 Å². The first-order chi connectivity index (χ1) is 9.60. The third-order valence-corrected chi connectivity index (χ3v) is 3.58. The van der Waals surface area contributed by atoms with Crippen molar-refractivity contribution in [2.45, 2.75) is 25.4 Å². The van der Waals surface area contributed by atoms with Gasteiger partial charge in [-0.25, -0.2) is 8.78 Å². The summed E-state index contributed by atoms with van der Waals surface area (Å²) in [4.78, 5) is 4.18. The molecule has 1 aliphatic carbocycles. The van der Waals surface area contributed by atoms with Crippen LogP contribution in [0.25, 0.3) is 0 Å². The minimum atomic E-state index is -0.569. The summed E-state index contributed by atoms with van der Waals surface area (Å²) < 4.78 is 31.8. The monoisotopic (exact) mass is 411 g/mol. The van der Waals surface area contributed by atoms with E-state index in [0.717, 1.165) is 37.5 Å². The van der Waals surface area contributed by atoms with E-state index < -0.39 is 11.6 Å². The van der Waals surface area contributed by atoms with Gasteiger partial charge in [-0.3, -0.25) is 4.99 Å². The van der Waals surface area contributed by atoms with Gasteiger partial charge in [-0.15, -0.1) is 24.0 Å². The number of nitrogens with zero attached hydrogens (tertiary/aromatic N) is 1. The molecule has 0 bridgehead atoms. The van der Waals surface area contributed by atoms with Crippen LogP contribution >= 0.6 is 24.0 Å². The molecule has 3 N–H and O–H groups in total. The van der Waals surface area contributed by atoms with Crippen molar-refractivity contribution in [3.63, 3.8) is 0 Å². The predicted octanol–water partition coefficient (Wildman–Crippen LogP) is 3.12. The second-order valence-electron chi connectivity index (χ2n) is 4.94. The van der Waals surface area contributed by atoms with Crippen LogP contribution in [0, 0.1) is 17.6 Å². The summed E-state index contributed by atoms with van der Waals surface area (Å²) in [7, 11) is 1.69. The van der Waals surface area contributed by atoms with Gasteiger partial charge in [0.2, 0.25) is 0 Å². The highest BCUT2D eigenvalue weighted by molar-refractivity contribution is 14.0. The van der Waals surface area contributed by atoms with Crippen molar-refractivity contribution in [1.82, 2.24) is 0 Å². The predicted molar refractivity (Wildman–Crippen MR) is 90.0 cm³/mol. The Morgan fingerprint density at radius 1 is 1.43 bits per heavy atom. The molecule has 2 atom stereocenters. The second kappa shape index (κ2) is 8.47. The first-order valence-corrected chi connectivity index (χ1v) is 6.65. The first kappa shape index (κ1) is 18.1. The van der Waals surface area contributed by atoms with E-state index in [0.29, 0.717) is 12.5 Å². The molecule has 0 saturated heterocycles. The zero-order valence-electron chi connectivity index (χ0n) is 11.8. The Morgan fingerprint density at radius 2 is 2.19 bits per heavy atom. The quantitative estimate of drug-likeness (QED) is 0.455. The highest BCUT2D eigenvalue weighted by atomic mass is 127. The number of benzene rings is 1. The topological polar surface area (TPSA) is 59.6 Å². The van der Waals surface area contributed by atoms with E-state index in [2.05, 4.69) is 10.3 Å². The first-order valence-electron chi connectivity index (χ1n) is 6.65. The van der Waals surface area contributed by atoms with E-state index in [4.69, 9.17) is 10.5 Å². The van der Waals surface area contributed by atoms with E-state index in [1.165, 1.54) is 0 Å². The number of rotatable bonds is 4. The summed E-state index contributed by atoms with van der Waals surface area (Å²) in [5.41, 5.74) is 5.69. The summed E-state index contributed by atoms with van der Waals surface area (Å²) in [6, 6.07) is 3.14. The molecular formula is C14H20F2IN3O. The SMILES string of the molecule is COC1CCCC1CN=C(N)Nc1cc(F)ccc1F.I. The van der Waals surface area contributed by atoms with Crippen molar-refractivity contribution in [3.05, 3.63) is 29.8 Å². The maximum atomic E-state index is 13.4. The van der Waals surface area contributed by atoms with E-state index >= 15 is 0 Å². The van der Waals surface area contributed by atoms with Crippen LogP contribution < -0.4 is 11.1 Å². The number of nitrogens with two attached hydrogens (primary N) is 1. The summed E-state index contributed by atoms with van der Waals surface area (Å²) in [5.74, 6) is -0.689. The number of aliphatic imine (C=N–C) groups is 1. The Bertz CT molecular complexity index is 499. The van der Waals surface area contributed by atoms with Gasteiger partial charge in [0.1, 0.15) is 11.6 Å². The van der Waals surface area contributed by atoms with Gasteiger partial charge in [0.25, 0.3) is 0 Å². The summed E-state index contributed by atoms with van der Waals surface area (Å²) in [6.45, 7) is 0.522. The third kappa shape index (κ3) is 5.06. The summed E-state index contributed by atoms with van der Waals surface area (Å²) in [5, 5.41) is 2.58. The summed E-state index contributed by atoms with van der Waals surface area (Å²) >= 11 is 0. The molecule has 2 unspecified atom stereocenters. The molecule has 1 aromatic carbocycles. The van der Waals surface area contributed by atoms with Gasteiger partial charge in [-0.05, 0) is 25.0 Å². The largest absolute Gasteiger partial charge is 0.381 e. The van der Waals surface area contributed by atoms with Crippen LogP contribution in [-0.4, -0.2) is 25.7 Å². The number of nitrogens with one attached hydrogen (secondary N) is 1. The van der Waals surface area contributed by atoms with E-state index in [9.17, 15) is 8.78 Å². The van der Waals surface area contributed by atoms with E-state index in [1.54, 1.807) is 7.11 Å². The number of hydrogen-bond donors (Lipinski definition) is 2. The number of anilines is 1. The minimum absolute atomic E-state index is 0. The van der Waals surface area contributed by atoms with E-state index in [-0.39, 0.29) is 41.7 Å². The third-order valence-electron chi connectivity index (χ3n) is 3.58. The lowest BCUT2D eigenvalue weighted by Gasteiger charge is -2.16. The number of methoxy groups -OCH3 is 1. The molecule has 7 heteroatoms. The molecule has 1 fully saturated rings. The molecule has 2 rings (SSSR count). The average Bonchev–Trinajstić information content (AvgIpc) is 2.88. The minimum Gasteiger partial charge on any atom is -0.381 e. The van der Waals surface area contributed by atoms with Crippen molar-refractivity contribution >= 4 is 35.6 Å². The number of ether oxygens (including phenoxy) is 1. The highest BCUT2D eigenvalue weighted by Gasteiger charge is 2.26. The van der Waals surface area contributed by atoms with Crippen LogP contribution in [0.2, 0.25) is 0 Å². The molecule has 1 aromatic rings. The summed E-state index contributed by atoms with van der Waals surface area (Å²) in [6.07, 6.45) is 3.40. The van der Waals surface area contributed by atoms with Crippen molar-refractivity contribution in [3.8, 4) is 0 Å². The molecule has 0 radical (unpaired) electrons. The second-order valence-corrected chi connectivity index (χ2v) is 4.94. The normalized spacial score (nSPS) is 22.0. The van der Waals surface area contributed by atoms with Crippen LogP contribution in [0.3, 0.4) is 0 Å². The van der Waals surface area contributed by atoms with Gasteiger partial charge in [-0.1, -0.05) is 6.42 Å². The van der Waals surface area contributed by atoms with Crippen LogP contribution in [0.15, 0.2) is 23.2 Å². The van der Waals surface area contributed by atoms with Gasteiger partial charge in [-0.2, -0.15) is 0 Å². The number of hydrogen-bond acceptors (Lipinski definition) is 2. The average molecular weight is 411 g/mol. The van der Waals surface area contributed by atoms with Gasteiger partial charge in [0.05, 0.1) is 11.8 Å². The molecule has 1 aliphatic rings. The van der Waals surface area contributed by atoms with Crippen molar-refractivity contribution in [2.75, 3.05) is 19.0 Å². The van der Waals surface area contributed by atoms with E-state index in [1.807, 2.05) is 0 Å². The molecule has 0 aliphatic heterocycles. The number of halogens is 3.